The molecule has 4 fully saturated rings. The Bertz CT molecular complexity index is 1820. The topological polar surface area (TPSA) is 41.5 Å². The molecule has 4 atom stereocenters. The number of ether oxygens (including phenoxy) is 1. The summed E-state index contributed by atoms with van der Waals surface area (Å²) in [5.74, 6) is -0.456. The Morgan fingerprint density at radius 2 is 1.95 bits per heavy atom. The fourth-order valence-corrected chi connectivity index (χ4v) is 9.12. The molecule has 4 aliphatic rings. The van der Waals surface area contributed by atoms with Gasteiger partial charge in [-0.05, 0) is 85.6 Å². The van der Waals surface area contributed by atoms with E-state index in [0.29, 0.717) is 46.1 Å². The standard InChI is InChI=1S/C35H36ClF3N4O/c1-20-11-22-5-3-6-26(36)28(22)24(12-20)29-27(38)13-25-31(30(29)39)40-33(44-19-35-8-4-10-43(35)17-23(37)15-35)41-32(25)42-16-21-7-9-34(2,14-21)18-42/h3,5-6,11-13,21,23H,4,7-10,14-19H2,1-2H3/t21?,23-,34+,35+/m1/s1. The zero-order chi connectivity index (χ0) is 30.4. The Balaban J connectivity index is 1.29. The summed E-state index contributed by atoms with van der Waals surface area (Å²) in [6.07, 6.45) is 4.74. The van der Waals surface area contributed by atoms with Gasteiger partial charge in [0.2, 0.25) is 0 Å². The summed E-state index contributed by atoms with van der Waals surface area (Å²) in [6, 6.07) is 10.6. The lowest BCUT2D eigenvalue weighted by Crippen LogP contribution is -2.44. The van der Waals surface area contributed by atoms with Crippen molar-refractivity contribution in [3.63, 3.8) is 0 Å². The van der Waals surface area contributed by atoms with Crippen molar-refractivity contribution in [2.75, 3.05) is 37.7 Å². The van der Waals surface area contributed by atoms with Crippen LogP contribution in [0.2, 0.25) is 5.02 Å². The number of aromatic nitrogens is 2. The maximum atomic E-state index is 16.9. The van der Waals surface area contributed by atoms with Gasteiger partial charge in [0.15, 0.2) is 5.82 Å². The molecule has 1 aromatic heterocycles. The lowest BCUT2D eigenvalue weighted by Gasteiger charge is -2.39. The summed E-state index contributed by atoms with van der Waals surface area (Å²) in [7, 11) is 0. The highest BCUT2D eigenvalue weighted by Crippen LogP contribution is 2.48. The van der Waals surface area contributed by atoms with Crippen molar-refractivity contribution in [1.29, 1.82) is 0 Å². The number of halogens is 4. The Hall–Kier alpha value is -3.10. The molecule has 1 aliphatic carbocycles. The first kappa shape index (κ1) is 28.4. The predicted octanol–water partition coefficient (Wildman–Crippen LogP) is 8.27. The molecule has 9 heteroatoms. The number of aryl methyl sites for hydroxylation is 1. The normalized spacial score (nSPS) is 28.4. The highest BCUT2D eigenvalue weighted by molar-refractivity contribution is 6.36. The molecule has 0 spiro atoms. The van der Waals surface area contributed by atoms with Crippen LogP contribution in [-0.2, 0) is 0 Å². The number of benzene rings is 3. The van der Waals surface area contributed by atoms with Gasteiger partial charge in [-0.3, -0.25) is 4.90 Å². The Morgan fingerprint density at radius 1 is 1.09 bits per heavy atom. The molecule has 44 heavy (non-hydrogen) atoms. The fraction of sp³-hybridized carbons (Fsp3) is 0.486. The lowest BCUT2D eigenvalue weighted by atomic mass is 9.84. The molecule has 0 N–H and O–H groups in total. The van der Waals surface area contributed by atoms with E-state index in [0.717, 1.165) is 62.7 Å². The van der Waals surface area contributed by atoms with Gasteiger partial charge < -0.3 is 9.64 Å². The zero-order valence-corrected chi connectivity index (χ0v) is 25.9. The van der Waals surface area contributed by atoms with Crippen LogP contribution < -0.4 is 9.64 Å². The molecular formula is C35H36ClF3N4O. The van der Waals surface area contributed by atoms with Crippen molar-refractivity contribution in [3.8, 4) is 17.1 Å². The lowest BCUT2D eigenvalue weighted by molar-refractivity contribution is 0.107. The molecule has 0 amide bonds. The van der Waals surface area contributed by atoms with E-state index < -0.39 is 23.3 Å². The van der Waals surface area contributed by atoms with E-state index in [4.69, 9.17) is 21.3 Å². The molecular weight excluding hydrogens is 585 g/mol. The minimum absolute atomic E-state index is 0.0155. The second-order valence-corrected chi connectivity index (χ2v) is 14.5. The first-order valence-corrected chi connectivity index (χ1v) is 16.2. The molecule has 4 heterocycles. The summed E-state index contributed by atoms with van der Waals surface area (Å²) < 4.78 is 53.9. The van der Waals surface area contributed by atoms with Gasteiger partial charge in [0.05, 0.1) is 11.1 Å². The maximum Gasteiger partial charge on any atom is 0.319 e. The molecule has 0 radical (unpaired) electrons. The van der Waals surface area contributed by atoms with Crippen LogP contribution in [0.4, 0.5) is 19.0 Å². The average molecular weight is 621 g/mol. The smallest absolute Gasteiger partial charge is 0.319 e. The summed E-state index contributed by atoms with van der Waals surface area (Å²) in [5, 5.41) is 2.14. The van der Waals surface area contributed by atoms with Gasteiger partial charge in [-0.25, -0.2) is 13.2 Å². The minimum Gasteiger partial charge on any atom is -0.461 e. The molecule has 4 aromatic rings. The molecule has 1 unspecified atom stereocenters. The third-order valence-electron chi connectivity index (χ3n) is 10.7. The number of hydrogen-bond donors (Lipinski definition) is 0. The maximum absolute atomic E-state index is 16.9. The summed E-state index contributed by atoms with van der Waals surface area (Å²) in [5.41, 5.74) is 0.812. The second-order valence-electron chi connectivity index (χ2n) is 14.1. The van der Waals surface area contributed by atoms with Gasteiger partial charge in [-0.15, -0.1) is 0 Å². The number of hydrogen-bond acceptors (Lipinski definition) is 5. The quantitative estimate of drug-likeness (QED) is 0.225. The van der Waals surface area contributed by atoms with Crippen molar-refractivity contribution in [2.45, 2.75) is 64.1 Å². The molecule has 5 nitrogen and oxygen atoms in total. The van der Waals surface area contributed by atoms with Crippen molar-refractivity contribution >= 4 is 39.1 Å². The van der Waals surface area contributed by atoms with E-state index in [1.54, 1.807) is 12.1 Å². The molecule has 8 rings (SSSR count). The summed E-state index contributed by atoms with van der Waals surface area (Å²) in [6.45, 7) is 7.18. The van der Waals surface area contributed by atoms with Crippen LogP contribution in [0.25, 0.3) is 32.8 Å². The Labute approximate surface area is 260 Å². The zero-order valence-electron chi connectivity index (χ0n) is 25.1. The van der Waals surface area contributed by atoms with Crippen LogP contribution in [0, 0.1) is 29.9 Å². The SMILES string of the molecule is Cc1cc(-c2c(F)cc3c(N4CC5CC[C@@](C)(C5)C4)nc(OC[C@@]45CCCN4C[C@H](F)C5)nc3c2F)c2c(Cl)cccc2c1. The van der Waals surface area contributed by atoms with Gasteiger partial charge in [0.25, 0.3) is 0 Å². The first-order valence-electron chi connectivity index (χ1n) is 15.8. The molecule has 3 saturated heterocycles. The minimum atomic E-state index is -0.893. The van der Waals surface area contributed by atoms with Gasteiger partial charge in [-0.1, -0.05) is 42.8 Å². The number of nitrogens with zero attached hydrogens (tertiary/aromatic N) is 4. The molecule has 230 valence electrons. The van der Waals surface area contributed by atoms with Crippen LogP contribution in [0.3, 0.4) is 0 Å². The molecule has 3 aliphatic heterocycles. The number of fused-ring (bicyclic) bond motifs is 5. The summed E-state index contributed by atoms with van der Waals surface area (Å²) >= 11 is 6.62. The number of anilines is 1. The van der Waals surface area contributed by atoms with E-state index in [1.165, 1.54) is 6.07 Å². The van der Waals surface area contributed by atoms with Gasteiger partial charge in [0, 0.05) is 41.9 Å². The van der Waals surface area contributed by atoms with Gasteiger partial charge in [0.1, 0.15) is 29.9 Å². The van der Waals surface area contributed by atoms with Crippen LogP contribution in [-0.4, -0.2) is 59.4 Å². The van der Waals surface area contributed by atoms with Crippen LogP contribution in [0.15, 0.2) is 36.4 Å². The molecule has 3 aromatic carbocycles. The third-order valence-corrected chi connectivity index (χ3v) is 11.0. The van der Waals surface area contributed by atoms with Crippen LogP contribution >= 0.6 is 11.6 Å². The van der Waals surface area contributed by atoms with Crippen molar-refractivity contribution < 1.29 is 17.9 Å². The van der Waals surface area contributed by atoms with E-state index in [2.05, 4.69) is 21.7 Å². The average Bonchev–Trinajstić information content (AvgIpc) is 3.59. The molecule has 2 bridgehead atoms. The second kappa shape index (κ2) is 10.2. The fourth-order valence-electron chi connectivity index (χ4n) is 8.84. The number of piperidine rings is 1. The van der Waals surface area contributed by atoms with Crippen LogP contribution in [0.1, 0.15) is 51.0 Å². The highest BCUT2D eigenvalue weighted by atomic mass is 35.5. The predicted molar refractivity (Wildman–Crippen MR) is 168 cm³/mol. The van der Waals surface area contributed by atoms with Crippen molar-refractivity contribution in [3.05, 3.63) is 58.6 Å². The van der Waals surface area contributed by atoms with E-state index in [9.17, 15) is 4.39 Å². The third kappa shape index (κ3) is 4.54. The van der Waals surface area contributed by atoms with Crippen molar-refractivity contribution in [2.24, 2.45) is 11.3 Å². The monoisotopic (exact) mass is 620 g/mol. The van der Waals surface area contributed by atoms with E-state index in [-0.39, 0.29) is 29.1 Å². The first-order chi connectivity index (χ1) is 21.1. The van der Waals surface area contributed by atoms with Gasteiger partial charge in [-0.2, -0.15) is 9.97 Å². The van der Waals surface area contributed by atoms with E-state index >= 15 is 8.78 Å². The number of alkyl halides is 1. The highest BCUT2D eigenvalue weighted by Gasteiger charge is 2.49. The Kier molecular flexibility index (Phi) is 6.59. The van der Waals surface area contributed by atoms with Crippen LogP contribution in [0.5, 0.6) is 6.01 Å². The largest absolute Gasteiger partial charge is 0.461 e. The Morgan fingerprint density at radius 3 is 2.80 bits per heavy atom. The summed E-state index contributed by atoms with van der Waals surface area (Å²) in [4.78, 5) is 13.8. The van der Waals surface area contributed by atoms with Crippen molar-refractivity contribution in [1.82, 2.24) is 14.9 Å². The van der Waals surface area contributed by atoms with E-state index in [1.807, 2.05) is 25.1 Å². The van der Waals surface area contributed by atoms with Gasteiger partial charge >= 0.3 is 6.01 Å². The molecule has 1 saturated carbocycles. The number of rotatable bonds is 5.